The third-order valence-electron chi connectivity index (χ3n) is 4.43. The van der Waals surface area contributed by atoms with Crippen LogP contribution >= 0.6 is 8.60 Å². The zero-order valence-electron chi connectivity index (χ0n) is 18.4. The van der Waals surface area contributed by atoms with Gasteiger partial charge in [0, 0.05) is 11.1 Å². The van der Waals surface area contributed by atoms with Crippen molar-refractivity contribution in [2.75, 3.05) is 6.61 Å². The molecular formula is C24H35O3P. The second kappa shape index (κ2) is 9.76. The van der Waals surface area contributed by atoms with E-state index in [4.69, 9.17) is 13.6 Å². The molecule has 0 unspecified atom stereocenters. The van der Waals surface area contributed by atoms with Crippen LogP contribution < -0.4 is 9.05 Å². The van der Waals surface area contributed by atoms with E-state index in [1.165, 1.54) is 0 Å². The van der Waals surface area contributed by atoms with E-state index in [0.717, 1.165) is 35.5 Å². The first kappa shape index (κ1) is 22.7. The van der Waals surface area contributed by atoms with Gasteiger partial charge in [0.1, 0.15) is 11.5 Å². The Hall–Kier alpha value is -1.57. The molecule has 0 saturated heterocycles. The minimum atomic E-state index is -1.55. The summed E-state index contributed by atoms with van der Waals surface area (Å²) in [6.45, 7) is 15.9. The Kier molecular flexibility index (Phi) is 7.92. The van der Waals surface area contributed by atoms with Crippen LogP contribution in [-0.2, 0) is 15.4 Å². The molecule has 0 amide bonds. The largest absolute Gasteiger partial charge is 0.463 e. The number of hydrogen-bond donors (Lipinski definition) is 0. The number of rotatable bonds is 8. The van der Waals surface area contributed by atoms with Crippen LogP contribution in [0.5, 0.6) is 11.5 Å². The van der Waals surface area contributed by atoms with E-state index in [-0.39, 0.29) is 10.8 Å². The van der Waals surface area contributed by atoms with Gasteiger partial charge in [-0.1, -0.05) is 91.3 Å². The van der Waals surface area contributed by atoms with Crippen molar-refractivity contribution in [2.24, 2.45) is 0 Å². The van der Waals surface area contributed by atoms with Gasteiger partial charge in [-0.25, -0.2) is 0 Å². The summed E-state index contributed by atoms with van der Waals surface area (Å²) in [7, 11) is -1.55. The molecule has 0 aliphatic rings. The van der Waals surface area contributed by atoms with Crippen molar-refractivity contribution in [3.63, 3.8) is 0 Å². The fourth-order valence-corrected chi connectivity index (χ4v) is 3.91. The standard InChI is InChI=1S/C24H35O3P/c1-8-9-18-25-28(26-21-16-12-10-14-19(21)23(2,3)4)27-22-17-13-11-15-20(22)24(5,6)7/h10-17H,8-9,18H2,1-7H3. The quantitative estimate of drug-likeness (QED) is 0.333. The zero-order chi connectivity index (χ0) is 20.8. The summed E-state index contributed by atoms with van der Waals surface area (Å²) in [5, 5.41) is 0. The molecule has 2 aromatic carbocycles. The minimum Gasteiger partial charge on any atom is -0.417 e. The van der Waals surface area contributed by atoms with Crippen molar-refractivity contribution in [3.8, 4) is 11.5 Å². The first-order valence-corrected chi connectivity index (χ1v) is 11.2. The normalized spacial score (nSPS) is 12.3. The van der Waals surface area contributed by atoms with Crippen LogP contribution in [0.3, 0.4) is 0 Å². The molecule has 0 bridgehead atoms. The molecule has 0 N–H and O–H groups in total. The highest BCUT2D eigenvalue weighted by Gasteiger charge is 2.26. The molecule has 0 aliphatic heterocycles. The molecule has 2 aromatic rings. The maximum Gasteiger partial charge on any atom is 0.463 e. The van der Waals surface area contributed by atoms with Crippen molar-refractivity contribution < 1.29 is 13.6 Å². The van der Waals surface area contributed by atoms with E-state index in [1.807, 2.05) is 36.4 Å². The lowest BCUT2D eigenvalue weighted by atomic mass is 9.86. The van der Waals surface area contributed by atoms with Gasteiger partial charge in [-0.15, -0.1) is 0 Å². The summed E-state index contributed by atoms with van der Waals surface area (Å²) in [6, 6.07) is 16.3. The number of unbranched alkanes of at least 4 members (excludes halogenated alkanes) is 1. The average Bonchev–Trinajstić information content (AvgIpc) is 2.61. The topological polar surface area (TPSA) is 27.7 Å². The van der Waals surface area contributed by atoms with Crippen LogP contribution in [0.15, 0.2) is 48.5 Å². The second-order valence-electron chi connectivity index (χ2n) is 9.09. The van der Waals surface area contributed by atoms with Gasteiger partial charge in [0.2, 0.25) is 0 Å². The molecule has 3 nitrogen and oxygen atoms in total. The van der Waals surface area contributed by atoms with Crippen LogP contribution in [0, 0.1) is 0 Å². The van der Waals surface area contributed by atoms with Gasteiger partial charge in [-0.05, 0) is 29.4 Å². The molecule has 0 radical (unpaired) electrons. The Balaban J connectivity index is 2.30. The van der Waals surface area contributed by atoms with E-state index in [0.29, 0.717) is 6.61 Å². The van der Waals surface area contributed by atoms with Gasteiger partial charge in [0.15, 0.2) is 0 Å². The lowest BCUT2D eigenvalue weighted by Crippen LogP contribution is -2.15. The van der Waals surface area contributed by atoms with Crippen LogP contribution in [-0.4, -0.2) is 6.61 Å². The number of hydrogen-bond acceptors (Lipinski definition) is 3. The highest BCUT2D eigenvalue weighted by molar-refractivity contribution is 7.42. The van der Waals surface area contributed by atoms with Crippen LogP contribution in [0.25, 0.3) is 0 Å². The molecule has 0 spiro atoms. The maximum absolute atomic E-state index is 6.31. The molecule has 0 atom stereocenters. The van der Waals surface area contributed by atoms with E-state index in [1.54, 1.807) is 0 Å². The van der Waals surface area contributed by atoms with E-state index in [9.17, 15) is 0 Å². The molecular weight excluding hydrogens is 367 g/mol. The lowest BCUT2D eigenvalue weighted by molar-refractivity contribution is 0.258. The van der Waals surface area contributed by atoms with Crippen molar-refractivity contribution in [2.45, 2.75) is 72.1 Å². The molecule has 0 aliphatic carbocycles. The zero-order valence-corrected chi connectivity index (χ0v) is 19.3. The van der Waals surface area contributed by atoms with E-state index in [2.05, 4.69) is 60.6 Å². The highest BCUT2D eigenvalue weighted by atomic mass is 31.2. The average molecular weight is 403 g/mol. The Labute approximate surface area is 172 Å². The SMILES string of the molecule is CCCCOP(Oc1ccccc1C(C)(C)C)Oc1ccccc1C(C)(C)C. The van der Waals surface area contributed by atoms with Gasteiger partial charge in [-0.3, -0.25) is 4.52 Å². The summed E-state index contributed by atoms with van der Waals surface area (Å²) in [5.74, 6) is 1.65. The third kappa shape index (κ3) is 6.50. The molecule has 4 heteroatoms. The molecule has 0 fully saturated rings. The summed E-state index contributed by atoms with van der Waals surface area (Å²) in [4.78, 5) is 0. The first-order chi connectivity index (χ1) is 13.1. The van der Waals surface area contributed by atoms with Crippen LogP contribution in [0.4, 0.5) is 0 Å². The molecule has 0 aromatic heterocycles. The molecule has 0 saturated carbocycles. The monoisotopic (exact) mass is 402 g/mol. The fourth-order valence-electron chi connectivity index (χ4n) is 2.85. The predicted molar refractivity (Wildman–Crippen MR) is 119 cm³/mol. The Morgan fingerprint density at radius 2 is 1.14 bits per heavy atom. The van der Waals surface area contributed by atoms with E-state index >= 15 is 0 Å². The summed E-state index contributed by atoms with van der Waals surface area (Å²) >= 11 is 0. The van der Waals surface area contributed by atoms with Crippen LogP contribution in [0.2, 0.25) is 0 Å². The number of benzene rings is 2. The summed E-state index contributed by atoms with van der Waals surface area (Å²) in [5.41, 5.74) is 2.25. The third-order valence-corrected chi connectivity index (χ3v) is 5.52. The Morgan fingerprint density at radius 3 is 1.54 bits per heavy atom. The predicted octanol–water partition coefficient (Wildman–Crippen LogP) is 7.78. The summed E-state index contributed by atoms with van der Waals surface area (Å²) < 4.78 is 18.7. The summed E-state index contributed by atoms with van der Waals surface area (Å²) in [6.07, 6.45) is 2.05. The first-order valence-electron chi connectivity index (χ1n) is 10.1. The molecule has 28 heavy (non-hydrogen) atoms. The van der Waals surface area contributed by atoms with Gasteiger partial charge in [0.05, 0.1) is 6.61 Å². The van der Waals surface area contributed by atoms with Gasteiger partial charge in [-0.2, -0.15) is 0 Å². The van der Waals surface area contributed by atoms with Crippen molar-refractivity contribution in [1.82, 2.24) is 0 Å². The van der Waals surface area contributed by atoms with Crippen molar-refractivity contribution >= 4 is 8.60 Å². The fraction of sp³-hybridized carbons (Fsp3) is 0.500. The van der Waals surface area contributed by atoms with Gasteiger partial charge in [0.25, 0.3) is 0 Å². The number of para-hydroxylation sites is 2. The Bertz CT molecular complexity index is 685. The lowest BCUT2D eigenvalue weighted by Gasteiger charge is -2.27. The maximum atomic E-state index is 6.31. The van der Waals surface area contributed by atoms with Gasteiger partial charge < -0.3 is 9.05 Å². The second-order valence-corrected chi connectivity index (χ2v) is 10.2. The van der Waals surface area contributed by atoms with Crippen molar-refractivity contribution in [3.05, 3.63) is 59.7 Å². The molecule has 154 valence electrons. The molecule has 2 rings (SSSR count). The smallest absolute Gasteiger partial charge is 0.417 e. The van der Waals surface area contributed by atoms with E-state index < -0.39 is 8.60 Å². The Morgan fingerprint density at radius 1 is 0.714 bits per heavy atom. The van der Waals surface area contributed by atoms with Crippen LogP contribution in [0.1, 0.15) is 72.4 Å². The van der Waals surface area contributed by atoms with Gasteiger partial charge >= 0.3 is 8.60 Å². The minimum absolute atomic E-state index is 0.0235. The van der Waals surface area contributed by atoms with Crippen molar-refractivity contribution in [1.29, 1.82) is 0 Å². The highest BCUT2D eigenvalue weighted by Crippen LogP contribution is 2.46. The molecule has 0 heterocycles.